The molecule has 0 bridgehead atoms. The molecule has 1 rings (SSSR count). The van der Waals surface area contributed by atoms with Crippen molar-refractivity contribution in [2.75, 3.05) is 20.6 Å². The van der Waals surface area contributed by atoms with Crippen molar-refractivity contribution in [3.05, 3.63) is 0 Å². The molecule has 0 saturated heterocycles. The normalized spacial score (nSPS) is 14.9. The van der Waals surface area contributed by atoms with Crippen molar-refractivity contribution >= 4 is 23.2 Å². The SMILES string of the molecule is CN(C)C(=O)CNC(=S)NC1CC1. The number of hydrogen-bond acceptors (Lipinski definition) is 2. The second kappa shape index (κ2) is 4.41. The molecule has 1 aliphatic carbocycles. The Morgan fingerprint density at radius 1 is 1.54 bits per heavy atom. The Labute approximate surface area is 83.7 Å². The zero-order valence-electron chi connectivity index (χ0n) is 7.96. The van der Waals surface area contributed by atoms with Crippen LogP contribution >= 0.6 is 12.2 Å². The first-order chi connectivity index (χ1) is 6.09. The molecule has 0 aliphatic heterocycles. The van der Waals surface area contributed by atoms with Gasteiger partial charge in [0.15, 0.2) is 5.11 Å². The lowest BCUT2D eigenvalue weighted by Crippen LogP contribution is -2.42. The van der Waals surface area contributed by atoms with Gasteiger partial charge >= 0.3 is 0 Å². The van der Waals surface area contributed by atoms with E-state index >= 15 is 0 Å². The van der Waals surface area contributed by atoms with Gasteiger partial charge in [-0.1, -0.05) is 0 Å². The largest absolute Gasteiger partial charge is 0.360 e. The van der Waals surface area contributed by atoms with Gasteiger partial charge < -0.3 is 15.5 Å². The number of amides is 1. The number of nitrogens with one attached hydrogen (secondary N) is 2. The average Bonchev–Trinajstić information content (AvgIpc) is 2.83. The number of thiocarbonyl (C=S) groups is 1. The molecule has 0 aromatic carbocycles. The number of rotatable bonds is 3. The minimum Gasteiger partial charge on any atom is -0.360 e. The van der Waals surface area contributed by atoms with E-state index in [-0.39, 0.29) is 12.5 Å². The summed E-state index contributed by atoms with van der Waals surface area (Å²) in [4.78, 5) is 12.7. The fourth-order valence-corrected chi connectivity index (χ4v) is 1.02. The van der Waals surface area contributed by atoms with Crippen LogP contribution in [0.1, 0.15) is 12.8 Å². The first kappa shape index (κ1) is 10.2. The topological polar surface area (TPSA) is 44.4 Å². The van der Waals surface area contributed by atoms with Gasteiger partial charge in [0.25, 0.3) is 0 Å². The summed E-state index contributed by atoms with van der Waals surface area (Å²) in [6.45, 7) is 0.269. The van der Waals surface area contributed by atoms with Crippen LogP contribution in [0.3, 0.4) is 0 Å². The van der Waals surface area contributed by atoms with E-state index in [0.717, 1.165) is 0 Å². The second-order valence-electron chi connectivity index (χ2n) is 3.39. The minimum absolute atomic E-state index is 0.0277. The molecule has 74 valence electrons. The van der Waals surface area contributed by atoms with Crippen molar-refractivity contribution in [2.45, 2.75) is 18.9 Å². The smallest absolute Gasteiger partial charge is 0.241 e. The zero-order chi connectivity index (χ0) is 9.84. The standard InChI is InChI=1S/C8H15N3OS/c1-11(2)7(12)5-9-8(13)10-6-3-4-6/h6H,3-5H2,1-2H3,(H2,9,10,13). The molecular formula is C8H15N3OS. The van der Waals surface area contributed by atoms with Crippen LogP contribution in [0.4, 0.5) is 0 Å². The molecule has 5 heteroatoms. The van der Waals surface area contributed by atoms with Crippen molar-refractivity contribution in [1.82, 2.24) is 15.5 Å². The van der Waals surface area contributed by atoms with E-state index in [4.69, 9.17) is 12.2 Å². The number of hydrogen-bond donors (Lipinski definition) is 2. The predicted octanol–water partition coefficient (Wildman–Crippen LogP) is -0.299. The van der Waals surface area contributed by atoms with Crippen LogP contribution in [-0.4, -0.2) is 42.6 Å². The van der Waals surface area contributed by atoms with Crippen molar-refractivity contribution in [3.8, 4) is 0 Å². The van der Waals surface area contributed by atoms with Crippen LogP contribution in [0, 0.1) is 0 Å². The Bertz CT molecular complexity index is 213. The molecule has 0 unspecified atom stereocenters. The van der Waals surface area contributed by atoms with E-state index in [1.807, 2.05) is 0 Å². The molecule has 0 heterocycles. The van der Waals surface area contributed by atoms with Crippen molar-refractivity contribution in [3.63, 3.8) is 0 Å². The van der Waals surface area contributed by atoms with Gasteiger partial charge in [0.05, 0.1) is 6.54 Å². The summed E-state index contributed by atoms with van der Waals surface area (Å²) in [5.74, 6) is 0.0277. The molecule has 2 N–H and O–H groups in total. The maximum atomic E-state index is 11.1. The van der Waals surface area contributed by atoms with Crippen LogP contribution in [0.2, 0.25) is 0 Å². The molecule has 0 aromatic rings. The summed E-state index contributed by atoms with van der Waals surface area (Å²) in [5, 5.41) is 6.54. The molecule has 13 heavy (non-hydrogen) atoms. The van der Waals surface area contributed by atoms with Gasteiger partial charge in [-0.25, -0.2) is 0 Å². The zero-order valence-corrected chi connectivity index (χ0v) is 8.78. The van der Waals surface area contributed by atoms with Gasteiger partial charge in [-0.2, -0.15) is 0 Å². The fraction of sp³-hybridized carbons (Fsp3) is 0.750. The van der Waals surface area contributed by atoms with E-state index in [0.29, 0.717) is 11.2 Å². The quantitative estimate of drug-likeness (QED) is 0.615. The fourth-order valence-electron chi connectivity index (χ4n) is 0.778. The summed E-state index contributed by atoms with van der Waals surface area (Å²) in [7, 11) is 3.45. The van der Waals surface area contributed by atoms with E-state index in [2.05, 4.69) is 10.6 Å². The summed E-state index contributed by atoms with van der Waals surface area (Å²) in [5.41, 5.74) is 0. The minimum atomic E-state index is 0.0277. The van der Waals surface area contributed by atoms with Gasteiger partial charge in [0.1, 0.15) is 0 Å². The number of carbonyl (C=O) groups excluding carboxylic acids is 1. The second-order valence-corrected chi connectivity index (χ2v) is 3.80. The van der Waals surface area contributed by atoms with E-state index in [1.54, 1.807) is 14.1 Å². The molecule has 0 aromatic heterocycles. The highest BCUT2D eigenvalue weighted by Gasteiger charge is 2.21. The van der Waals surface area contributed by atoms with Crippen LogP contribution in [0.25, 0.3) is 0 Å². The van der Waals surface area contributed by atoms with Crippen LogP contribution in [-0.2, 0) is 4.79 Å². The number of likely N-dealkylation sites (N-methyl/N-ethyl adjacent to an activating group) is 1. The van der Waals surface area contributed by atoms with E-state index in [9.17, 15) is 4.79 Å². The lowest BCUT2D eigenvalue weighted by Gasteiger charge is -2.12. The van der Waals surface area contributed by atoms with Crippen LogP contribution < -0.4 is 10.6 Å². The third kappa shape index (κ3) is 4.07. The van der Waals surface area contributed by atoms with Gasteiger partial charge in [0, 0.05) is 20.1 Å². The molecule has 0 radical (unpaired) electrons. The molecular weight excluding hydrogens is 186 g/mol. The van der Waals surface area contributed by atoms with Crippen molar-refractivity contribution in [2.24, 2.45) is 0 Å². The van der Waals surface area contributed by atoms with Gasteiger partial charge in [-0.3, -0.25) is 4.79 Å². The van der Waals surface area contributed by atoms with Crippen molar-refractivity contribution in [1.29, 1.82) is 0 Å². The van der Waals surface area contributed by atoms with Gasteiger partial charge in [-0.15, -0.1) is 0 Å². The Balaban J connectivity index is 2.09. The third-order valence-corrected chi connectivity index (χ3v) is 2.07. The third-order valence-electron chi connectivity index (χ3n) is 1.81. The predicted molar refractivity (Wildman–Crippen MR) is 55.5 cm³/mol. The Morgan fingerprint density at radius 2 is 2.15 bits per heavy atom. The van der Waals surface area contributed by atoms with E-state index < -0.39 is 0 Å². The number of nitrogens with zero attached hydrogens (tertiary/aromatic N) is 1. The van der Waals surface area contributed by atoms with Gasteiger partial charge in [0.2, 0.25) is 5.91 Å². The first-order valence-corrected chi connectivity index (χ1v) is 4.75. The van der Waals surface area contributed by atoms with Gasteiger partial charge in [-0.05, 0) is 25.1 Å². The highest BCUT2D eigenvalue weighted by Crippen LogP contribution is 2.18. The summed E-state index contributed by atoms with van der Waals surface area (Å²) >= 11 is 4.98. The average molecular weight is 201 g/mol. The first-order valence-electron chi connectivity index (χ1n) is 4.34. The molecule has 1 aliphatic rings. The van der Waals surface area contributed by atoms with Crippen molar-refractivity contribution < 1.29 is 4.79 Å². The van der Waals surface area contributed by atoms with Crippen LogP contribution in [0.5, 0.6) is 0 Å². The highest BCUT2D eigenvalue weighted by molar-refractivity contribution is 7.80. The maximum absolute atomic E-state index is 11.1. The Morgan fingerprint density at radius 3 is 2.62 bits per heavy atom. The lowest BCUT2D eigenvalue weighted by atomic mass is 10.5. The molecule has 4 nitrogen and oxygen atoms in total. The molecule has 1 fully saturated rings. The molecule has 0 atom stereocenters. The maximum Gasteiger partial charge on any atom is 0.241 e. The summed E-state index contributed by atoms with van der Waals surface area (Å²) in [6, 6.07) is 0.537. The monoisotopic (exact) mass is 201 g/mol. The summed E-state index contributed by atoms with van der Waals surface area (Å²) in [6.07, 6.45) is 2.37. The molecule has 1 amide bonds. The molecule has 1 saturated carbocycles. The van der Waals surface area contributed by atoms with Crippen LogP contribution in [0.15, 0.2) is 0 Å². The summed E-state index contributed by atoms with van der Waals surface area (Å²) < 4.78 is 0. The lowest BCUT2D eigenvalue weighted by molar-refractivity contribution is -0.127. The number of carbonyl (C=O) groups is 1. The highest BCUT2D eigenvalue weighted by atomic mass is 32.1. The Hall–Kier alpha value is -0.840. The Kier molecular flexibility index (Phi) is 3.48. The molecule has 0 spiro atoms. The van der Waals surface area contributed by atoms with E-state index in [1.165, 1.54) is 17.7 Å².